The number of rotatable bonds is 13. The van der Waals surface area contributed by atoms with Gasteiger partial charge in [-0.15, -0.1) is 0 Å². The molecule has 1 unspecified atom stereocenters. The number of aliphatic carboxylic acids is 1. The molecular weight excluding hydrogens is 514 g/mol. The van der Waals surface area contributed by atoms with Gasteiger partial charge in [-0.25, -0.2) is 0 Å². The monoisotopic (exact) mass is 547 g/mol. The van der Waals surface area contributed by atoms with E-state index in [1.807, 2.05) is 50.2 Å². The molecule has 210 valence electrons. The summed E-state index contributed by atoms with van der Waals surface area (Å²) in [4.78, 5) is 61.1. The molecule has 1 heterocycles. The highest BCUT2D eigenvalue weighted by molar-refractivity contribution is 6.28. The summed E-state index contributed by atoms with van der Waals surface area (Å²) in [5, 5.41) is 11.8. The quantitative estimate of drug-likeness (QED) is 0.197. The highest BCUT2D eigenvalue weighted by Crippen LogP contribution is 2.33. The Labute approximate surface area is 232 Å². The largest absolute Gasteiger partial charge is 0.481 e. The van der Waals surface area contributed by atoms with Gasteiger partial charge in [0.25, 0.3) is 11.7 Å². The van der Waals surface area contributed by atoms with Gasteiger partial charge >= 0.3 is 12.2 Å². The first-order valence-electron chi connectivity index (χ1n) is 12.9. The Kier molecular flexibility index (Phi) is 10.1. The fourth-order valence-electron chi connectivity index (χ4n) is 4.62. The van der Waals surface area contributed by atoms with Gasteiger partial charge in [-0.1, -0.05) is 69.3 Å². The summed E-state index contributed by atoms with van der Waals surface area (Å²) in [6, 6.07) is 16.2. The number of carboxylic acid groups (broad SMARTS) is 1. The molecule has 3 atom stereocenters. The number of nitrogens with one attached hydrogen (secondary N) is 2. The normalized spacial score (nSPS) is 17.6. The zero-order valence-electron chi connectivity index (χ0n) is 22.6. The summed E-state index contributed by atoms with van der Waals surface area (Å²) in [6.45, 7) is 5.66. The molecule has 3 rings (SSSR count). The van der Waals surface area contributed by atoms with Crippen LogP contribution in [-0.2, 0) is 30.4 Å². The van der Waals surface area contributed by atoms with Crippen molar-refractivity contribution in [3.8, 4) is 0 Å². The lowest BCUT2D eigenvalue weighted by Gasteiger charge is -2.35. The third-order valence-corrected chi connectivity index (χ3v) is 6.48. The fourth-order valence-corrected chi connectivity index (χ4v) is 4.62. The molecule has 2 aromatic rings. The Morgan fingerprint density at radius 1 is 1.10 bits per heavy atom. The number of carbonyl (C=O) groups excluding carboxylic acids is 3. The molecule has 11 heteroatoms. The first-order chi connectivity index (χ1) is 19.1. The maximum atomic E-state index is 13.8. The number of anilines is 1. The van der Waals surface area contributed by atoms with Crippen molar-refractivity contribution in [2.24, 2.45) is 5.92 Å². The number of benzene rings is 2. The van der Waals surface area contributed by atoms with E-state index >= 15 is 0 Å². The van der Waals surface area contributed by atoms with Gasteiger partial charge in [-0.3, -0.25) is 29.5 Å². The van der Waals surface area contributed by atoms with E-state index in [1.54, 1.807) is 42.2 Å². The number of amides is 2. The van der Waals surface area contributed by atoms with Crippen LogP contribution >= 0.6 is 0 Å². The van der Waals surface area contributed by atoms with Gasteiger partial charge in [-0.05, 0) is 29.7 Å². The topological polar surface area (TPSA) is 161 Å². The minimum Gasteiger partial charge on any atom is -0.481 e. The molecule has 0 saturated heterocycles. The molecule has 0 fully saturated rings. The van der Waals surface area contributed by atoms with Crippen LogP contribution in [0.2, 0.25) is 0 Å². The van der Waals surface area contributed by atoms with Gasteiger partial charge in [-0.2, -0.15) is 4.79 Å². The highest BCUT2D eigenvalue weighted by atomic mass is 16.7. The molecular formula is C29H33N5O6. The number of hydrogen-bond donors (Lipinski definition) is 3. The number of hydroxylamine groups is 1. The summed E-state index contributed by atoms with van der Waals surface area (Å²) in [5.41, 5.74) is 11.8. The lowest BCUT2D eigenvalue weighted by molar-refractivity contribution is -0.147. The molecule has 3 N–H and O–H groups in total. The van der Waals surface area contributed by atoms with Crippen LogP contribution in [-0.4, -0.2) is 57.4 Å². The lowest BCUT2D eigenvalue weighted by atomic mass is 9.89. The molecule has 2 amide bonds. The molecule has 40 heavy (non-hydrogen) atoms. The molecule has 11 nitrogen and oxygen atoms in total. The average Bonchev–Trinajstić information content (AvgIpc) is 3.36. The fraction of sp³-hybridized carbons (Fsp3) is 0.345. The zero-order chi connectivity index (χ0) is 29.3. The number of ketones is 1. The molecule has 0 aliphatic carbocycles. The van der Waals surface area contributed by atoms with E-state index in [-0.39, 0.29) is 24.7 Å². The maximum absolute atomic E-state index is 13.8. The van der Waals surface area contributed by atoms with Crippen molar-refractivity contribution in [1.82, 2.24) is 10.8 Å². The second kappa shape index (κ2) is 13.5. The number of nitrogens with zero attached hydrogens (tertiary/aromatic N) is 3. The van der Waals surface area contributed by atoms with Crippen LogP contribution in [0.4, 0.5) is 5.69 Å². The molecule has 1 aliphatic heterocycles. The lowest BCUT2D eigenvalue weighted by Crippen LogP contribution is -2.54. The van der Waals surface area contributed by atoms with Crippen LogP contribution in [0.15, 0.2) is 72.4 Å². The Morgan fingerprint density at radius 3 is 2.27 bits per heavy atom. The van der Waals surface area contributed by atoms with E-state index in [2.05, 4.69) is 15.6 Å². The summed E-state index contributed by atoms with van der Waals surface area (Å²) in [7, 11) is 0. The Bertz CT molecular complexity index is 1310. The van der Waals surface area contributed by atoms with Gasteiger partial charge in [0.15, 0.2) is 5.60 Å². The van der Waals surface area contributed by atoms with Gasteiger partial charge in [0.1, 0.15) is 6.04 Å². The van der Waals surface area contributed by atoms with Crippen molar-refractivity contribution in [3.05, 3.63) is 83.5 Å². The van der Waals surface area contributed by atoms with Crippen molar-refractivity contribution in [3.63, 3.8) is 0 Å². The molecule has 0 spiro atoms. The van der Waals surface area contributed by atoms with Crippen LogP contribution < -0.4 is 15.7 Å². The molecule has 0 bridgehead atoms. The van der Waals surface area contributed by atoms with E-state index in [0.29, 0.717) is 17.6 Å². The Hall–Kier alpha value is -4.60. The Morgan fingerprint density at radius 2 is 1.73 bits per heavy atom. The van der Waals surface area contributed by atoms with E-state index < -0.39 is 41.8 Å². The van der Waals surface area contributed by atoms with E-state index in [4.69, 9.17) is 10.4 Å². The summed E-state index contributed by atoms with van der Waals surface area (Å²) < 4.78 is 0. The molecule has 2 aromatic carbocycles. The summed E-state index contributed by atoms with van der Waals surface area (Å²) in [5.74, 6) is -3.25. The van der Waals surface area contributed by atoms with Gasteiger partial charge in [0, 0.05) is 18.5 Å². The number of hydrogen-bond acceptors (Lipinski definition) is 6. The van der Waals surface area contributed by atoms with Crippen molar-refractivity contribution in [2.45, 2.75) is 57.7 Å². The Balaban J connectivity index is 2.09. The predicted octanol–water partition coefficient (Wildman–Crippen LogP) is 2.68. The van der Waals surface area contributed by atoms with E-state index in [1.165, 1.54) is 0 Å². The third kappa shape index (κ3) is 7.07. The minimum absolute atomic E-state index is 0.0378. The number of carboxylic acids is 1. The smallest absolute Gasteiger partial charge is 0.325 e. The van der Waals surface area contributed by atoms with Crippen LogP contribution in [0.5, 0.6) is 0 Å². The van der Waals surface area contributed by atoms with Gasteiger partial charge in [0.2, 0.25) is 5.91 Å². The number of para-hydroxylation sites is 1. The van der Waals surface area contributed by atoms with Gasteiger partial charge < -0.3 is 20.9 Å². The second-order valence-corrected chi connectivity index (χ2v) is 9.77. The third-order valence-electron chi connectivity index (χ3n) is 6.48. The van der Waals surface area contributed by atoms with Crippen LogP contribution in [0.25, 0.3) is 5.53 Å². The van der Waals surface area contributed by atoms with Crippen molar-refractivity contribution in [2.75, 3.05) is 4.90 Å². The SMILES string of the molecule is CCC(=O)N(c1ccccc1)[C@H](C1=CC(Cc2ccccc2)(C(=O)N[C@@H](CC(=O)O)C(=O)C=[N+]=[N-])ON1)C(C)C. The first-order valence-corrected chi connectivity index (χ1v) is 12.9. The minimum atomic E-state index is -1.70. The molecule has 0 aromatic heterocycles. The number of carbonyl (C=O) groups is 4. The second-order valence-electron chi connectivity index (χ2n) is 9.77. The van der Waals surface area contributed by atoms with Gasteiger partial charge in [0.05, 0.1) is 18.2 Å². The summed E-state index contributed by atoms with van der Waals surface area (Å²) in [6.07, 6.45) is 1.67. The standard InChI is InChI=1S/C29H33N5O6/c1-4-25(36)34(21-13-9-6-10-14-21)27(19(2)3)23-17-29(40-33-23,16-20-11-7-5-8-12-20)28(39)32-22(15-26(37)38)24(35)18-31-30/h5-14,17-19,22,27,33H,4,15-16H2,1-3H3,(H,32,39)(H,37,38)/t22-,27-,29?/m0/s1. The van der Waals surface area contributed by atoms with Crippen LogP contribution in [0.3, 0.4) is 0 Å². The summed E-state index contributed by atoms with van der Waals surface area (Å²) >= 11 is 0. The first kappa shape index (κ1) is 29.9. The average molecular weight is 548 g/mol. The van der Waals surface area contributed by atoms with Crippen molar-refractivity contribution in [1.29, 1.82) is 0 Å². The van der Waals surface area contributed by atoms with E-state index in [9.17, 15) is 24.3 Å². The maximum Gasteiger partial charge on any atom is 0.325 e. The highest BCUT2D eigenvalue weighted by Gasteiger charge is 2.47. The van der Waals surface area contributed by atoms with E-state index in [0.717, 1.165) is 5.56 Å². The predicted molar refractivity (Wildman–Crippen MR) is 147 cm³/mol. The number of Topliss-reactive ketones (excluding diaryl/α,β-unsaturated/α-hetero) is 1. The molecule has 0 radical (unpaired) electrons. The van der Waals surface area contributed by atoms with Crippen LogP contribution in [0.1, 0.15) is 39.2 Å². The molecule has 0 saturated carbocycles. The van der Waals surface area contributed by atoms with Crippen molar-refractivity contribution >= 4 is 35.5 Å². The zero-order valence-corrected chi connectivity index (χ0v) is 22.6. The van der Waals surface area contributed by atoms with Crippen LogP contribution in [0, 0.1) is 5.92 Å². The van der Waals surface area contributed by atoms with Crippen molar-refractivity contribution < 1.29 is 33.9 Å². The molecule has 1 aliphatic rings.